The van der Waals surface area contributed by atoms with Gasteiger partial charge in [0.1, 0.15) is 5.54 Å². The minimum absolute atomic E-state index is 0.0185. The smallest absolute Gasteiger partial charge is 0.247 e. The molecule has 0 radical (unpaired) electrons. The highest BCUT2D eigenvalue weighted by Gasteiger charge is 2.38. The van der Waals surface area contributed by atoms with E-state index in [1.165, 1.54) is 0 Å². The van der Waals surface area contributed by atoms with Gasteiger partial charge >= 0.3 is 0 Å². The van der Waals surface area contributed by atoms with E-state index in [0.29, 0.717) is 25.6 Å². The Kier molecular flexibility index (Phi) is 4.34. The van der Waals surface area contributed by atoms with Crippen molar-refractivity contribution in [1.82, 2.24) is 20.0 Å². The summed E-state index contributed by atoms with van der Waals surface area (Å²) in [4.78, 5) is 30.7. The number of carbonyl (C=O) groups is 2. The van der Waals surface area contributed by atoms with E-state index in [1.807, 2.05) is 4.90 Å². The quantitative estimate of drug-likeness (QED) is 0.732. The Balaban J connectivity index is 2.07. The zero-order valence-electron chi connectivity index (χ0n) is 13.0. The van der Waals surface area contributed by atoms with Gasteiger partial charge in [-0.2, -0.15) is 0 Å². The molecule has 0 saturated carbocycles. The van der Waals surface area contributed by atoms with Crippen molar-refractivity contribution in [2.45, 2.75) is 31.8 Å². The molecular formula is C14H26N4O2. The first-order valence-corrected chi connectivity index (χ1v) is 7.29. The van der Waals surface area contributed by atoms with Crippen molar-refractivity contribution in [1.29, 1.82) is 0 Å². The Bertz CT molecular complexity index is 397. The van der Waals surface area contributed by atoms with Gasteiger partial charge in [0.15, 0.2) is 0 Å². The van der Waals surface area contributed by atoms with Crippen LogP contribution in [0, 0.1) is 0 Å². The number of carbonyl (C=O) groups excluding carboxylic acids is 2. The van der Waals surface area contributed by atoms with E-state index in [4.69, 9.17) is 0 Å². The van der Waals surface area contributed by atoms with Crippen LogP contribution in [0.1, 0.15) is 20.3 Å². The van der Waals surface area contributed by atoms with E-state index < -0.39 is 5.54 Å². The molecule has 0 bridgehead atoms. The highest BCUT2D eigenvalue weighted by atomic mass is 16.2. The fourth-order valence-electron chi connectivity index (χ4n) is 2.93. The maximum Gasteiger partial charge on any atom is 0.247 e. The van der Waals surface area contributed by atoms with E-state index >= 15 is 0 Å². The molecule has 2 fully saturated rings. The molecule has 2 amide bonds. The molecule has 20 heavy (non-hydrogen) atoms. The number of rotatable bonds is 2. The number of hydrogen-bond acceptors (Lipinski definition) is 4. The highest BCUT2D eigenvalue weighted by Crippen LogP contribution is 2.16. The van der Waals surface area contributed by atoms with Gasteiger partial charge in [0, 0.05) is 45.2 Å². The summed E-state index contributed by atoms with van der Waals surface area (Å²) in [6.07, 6.45) is 0.390. The van der Waals surface area contributed by atoms with Crippen LogP contribution < -0.4 is 5.32 Å². The summed E-state index contributed by atoms with van der Waals surface area (Å²) in [5.74, 6) is -0.0232. The van der Waals surface area contributed by atoms with E-state index in [9.17, 15) is 9.59 Å². The Morgan fingerprint density at radius 1 is 1.20 bits per heavy atom. The molecule has 1 N–H and O–H groups in total. The van der Waals surface area contributed by atoms with Gasteiger partial charge in [0.2, 0.25) is 11.8 Å². The number of nitrogens with one attached hydrogen (secondary N) is 1. The van der Waals surface area contributed by atoms with E-state index in [0.717, 1.165) is 19.6 Å². The lowest BCUT2D eigenvalue weighted by Gasteiger charge is -2.40. The van der Waals surface area contributed by atoms with Gasteiger partial charge in [-0.3, -0.25) is 14.5 Å². The van der Waals surface area contributed by atoms with Gasteiger partial charge in [-0.15, -0.1) is 0 Å². The first kappa shape index (κ1) is 15.3. The van der Waals surface area contributed by atoms with Crippen molar-refractivity contribution in [2.75, 3.05) is 46.8 Å². The van der Waals surface area contributed by atoms with Crippen LogP contribution in [-0.2, 0) is 9.59 Å². The van der Waals surface area contributed by atoms with Crippen molar-refractivity contribution in [3.63, 3.8) is 0 Å². The van der Waals surface area contributed by atoms with Gasteiger partial charge in [-0.05, 0) is 27.9 Å². The van der Waals surface area contributed by atoms with Gasteiger partial charge in [-0.1, -0.05) is 0 Å². The van der Waals surface area contributed by atoms with Gasteiger partial charge < -0.3 is 15.1 Å². The maximum atomic E-state index is 12.6. The number of amides is 2. The third kappa shape index (κ3) is 3.30. The molecule has 0 aliphatic carbocycles. The van der Waals surface area contributed by atoms with Crippen molar-refractivity contribution < 1.29 is 9.59 Å². The lowest BCUT2D eigenvalue weighted by molar-refractivity contribution is -0.138. The summed E-state index contributed by atoms with van der Waals surface area (Å²) in [7, 11) is 4.22. The zero-order chi connectivity index (χ0) is 14.9. The highest BCUT2D eigenvalue weighted by molar-refractivity contribution is 5.92. The number of nitrogens with zero attached hydrogens (tertiary/aromatic N) is 3. The van der Waals surface area contributed by atoms with Gasteiger partial charge in [0.25, 0.3) is 0 Å². The Labute approximate surface area is 121 Å². The average molecular weight is 282 g/mol. The molecule has 2 aliphatic heterocycles. The van der Waals surface area contributed by atoms with Crippen molar-refractivity contribution >= 4 is 11.8 Å². The van der Waals surface area contributed by atoms with Crippen LogP contribution in [0.3, 0.4) is 0 Å². The van der Waals surface area contributed by atoms with Crippen molar-refractivity contribution in [3.05, 3.63) is 0 Å². The number of likely N-dealkylation sites (N-methyl/N-ethyl adjacent to an activating group) is 2. The van der Waals surface area contributed by atoms with E-state index in [2.05, 4.69) is 29.2 Å². The topological polar surface area (TPSA) is 55.9 Å². The molecule has 0 aromatic heterocycles. The second-order valence-corrected chi connectivity index (χ2v) is 6.57. The first-order chi connectivity index (χ1) is 9.29. The molecule has 0 aromatic rings. The van der Waals surface area contributed by atoms with Gasteiger partial charge in [0.05, 0.1) is 0 Å². The predicted molar refractivity (Wildman–Crippen MR) is 77.3 cm³/mol. The molecule has 2 aliphatic rings. The molecule has 0 aromatic carbocycles. The van der Waals surface area contributed by atoms with Gasteiger partial charge in [-0.25, -0.2) is 0 Å². The lowest BCUT2D eigenvalue weighted by Crippen LogP contribution is -2.58. The predicted octanol–water partition coefficient (Wildman–Crippen LogP) is -0.641. The molecule has 2 rings (SSSR count). The first-order valence-electron chi connectivity index (χ1n) is 7.29. The maximum absolute atomic E-state index is 12.6. The third-order valence-electron chi connectivity index (χ3n) is 4.29. The largest absolute Gasteiger partial charge is 0.342 e. The fourth-order valence-corrected chi connectivity index (χ4v) is 2.93. The molecule has 1 atom stereocenters. The van der Waals surface area contributed by atoms with Crippen molar-refractivity contribution in [2.24, 2.45) is 0 Å². The van der Waals surface area contributed by atoms with Crippen LogP contribution in [0.4, 0.5) is 0 Å². The summed E-state index contributed by atoms with van der Waals surface area (Å²) < 4.78 is 0. The molecule has 2 heterocycles. The molecule has 0 spiro atoms. The summed E-state index contributed by atoms with van der Waals surface area (Å²) in [6, 6.07) is 0.335. The molecule has 6 heteroatoms. The summed E-state index contributed by atoms with van der Waals surface area (Å²) in [6.45, 7) is 7.81. The SMILES string of the molecule is CN1CCN(C)C(CN2CCC(=O)NC(C)(C)C2=O)C1. The number of hydrogen-bond donors (Lipinski definition) is 1. The summed E-state index contributed by atoms with van der Waals surface area (Å²) in [5, 5.41) is 2.80. The third-order valence-corrected chi connectivity index (χ3v) is 4.29. The van der Waals surface area contributed by atoms with Crippen LogP contribution in [0.15, 0.2) is 0 Å². The second kappa shape index (κ2) is 5.69. The molecular weight excluding hydrogens is 256 g/mol. The summed E-state index contributed by atoms with van der Waals surface area (Å²) in [5.41, 5.74) is -0.799. The minimum Gasteiger partial charge on any atom is -0.342 e. The van der Waals surface area contributed by atoms with Crippen LogP contribution in [0.5, 0.6) is 0 Å². The Morgan fingerprint density at radius 2 is 1.90 bits per heavy atom. The number of piperazine rings is 1. The fraction of sp³-hybridized carbons (Fsp3) is 0.857. The summed E-state index contributed by atoms with van der Waals surface area (Å²) >= 11 is 0. The second-order valence-electron chi connectivity index (χ2n) is 6.57. The van der Waals surface area contributed by atoms with Crippen LogP contribution >= 0.6 is 0 Å². The molecule has 2 saturated heterocycles. The van der Waals surface area contributed by atoms with Crippen LogP contribution in [-0.4, -0.2) is 84.9 Å². The minimum atomic E-state index is -0.799. The molecule has 1 unspecified atom stereocenters. The lowest BCUT2D eigenvalue weighted by atomic mass is 10.0. The zero-order valence-corrected chi connectivity index (χ0v) is 13.0. The van der Waals surface area contributed by atoms with E-state index in [-0.39, 0.29) is 11.8 Å². The molecule has 114 valence electrons. The Morgan fingerprint density at radius 3 is 2.60 bits per heavy atom. The van der Waals surface area contributed by atoms with E-state index in [1.54, 1.807) is 13.8 Å². The standard InChI is InChI=1S/C14H26N4O2/c1-14(2)13(20)18(6-5-12(19)15-14)10-11-9-16(3)7-8-17(11)4/h11H,5-10H2,1-4H3,(H,15,19). The Hall–Kier alpha value is -1.14. The van der Waals surface area contributed by atoms with Crippen molar-refractivity contribution in [3.8, 4) is 0 Å². The normalized spacial score (nSPS) is 29.2. The van der Waals surface area contributed by atoms with Crippen LogP contribution in [0.25, 0.3) is 0 Å². The monoisotopic (exact) mass is 282 g/mol. The molecule has 6 nitrogen and oxygen atoms in total. The van der Waals surface area contributed by atoms with Crippen LogP contribution in [0.2, 0.25) is 0 Å². The average Bonchev–Trinajstić information content (AvgIpc) is 2.45.